The number of imidazole rings is 1. The summed E-state index contributed by atoms with van der Waals surface area (Å²) in [6, 6.07) is 5.52. The maximum absolute atomic E-state index is 11.9. The van der Waals surface area contributed by atoms with Crippen LogP contribution < -0.4 is 5.32 Å². The Morgan fingerprint density at radius 1 is 1.36 bits per heavy atom. The molecule has 0 saturated heterocycles. The van der Waals surface area contributed by atoms with Crippen molar-refractivity contribution in [2.75, 3.05) is 12.0 Å². The van der Waals surface area contributed by atoms with Crippen LogP contribution in [0.3, 0.4) is 0 Å². The highest BCUT2D eigenvalue weighted by Crippen LogP contribution is 2.22. The second-order valence-corrected chi connectivity index (χ2v) is 8.14. The first-order valence-corrected chi connectivity index (χ1v) is 9.15. The van der Waals surface area contributed by atoms with Gasteiger partial charge in [-0.2, -0.15) is 0 Å². The van der Waals surface area contributed by atoms with E-state index in [0.29, 0.717) is 5.82 Å². The summed E-state index contributed by atoms with van der Waals surface area (Å²) in [6.45, 7) is 5.89. The van der Waals surface area contributed by atoms with Crippen molar-refractivity contribution in [1.82, 2.24) is 15.3 Å². The van der Waals surface area contributed by atoms with Crippen molar-refractivity contribution in [3.05, 3.63) is 29.6 Å². The van der Waals surface area contributed by atoms with Crippen molar-refractivity contribution < 1.29 is 13.2 Å². The molecule has 0 spiro atoms. The van der Waals surface area contributed by atoms with Gasteiger partial charge in [-0.1, -0.05) is 19.9 Å². The summed E-state index contributed by atoms with van der Waals surface area (Å²) in [7, 11) is -3.35. The zero-order valence-electron chi connectivity index (χ0n) is 13.2. The number of nitrogens with one attached hydrogen (secondary N) is 2. The van der Waals surface area contributed by atoms with Gasteiger partial charge in [-0.25, -0.2) is 13.4 Å². The zero-order chi connectivity index (χ0) is 16.5. The number of H-pyrrole nitrogens is 1. The van der Waals surface area contributed by atoms with Gasteiger partial charge >= 0.3 is 0 Å². The van der Waals surface area contributed by atoms with E-state index in [1.165, 1.54) is 0 Å². The normalized spacial score (nSPS) is 13.5. The van der Waals surface area contributed by atoms with Crippen LogP contribution in [0.2, 0.25) is 0 Å². The number of fused-ring (bicyclic) bond motifs is 1. The summed E-state index contributed by atoms with van der Waals surface area (Å²) in [4.78, 5) is 19.6. The number of amides is 1. The Balaban J connectivity index is 2.28. The van der Waals surface area contributed by atoms with Crippen LogP contribution in [0.4, 0.5) is 0 Å². The number of carbonyl (C=O) groups is 1. The van der Waals surface area contributed by atoms with Gasteiger partial charge in [-0.05, 0) is 30.5 Å². The molecule has 1 heterocycles. The molecule has 6 nitrogen and oxygen atoms in total. The molecule has 0 fully saturated rings. The molecule has 0 saturated carbocycles. The van der Waals surface area contributed by atoms with Crippen LogP contribution in [0.1, 0.15) is 31.3 Å². The SMILES string of the molecule is Cc1ccc2nc(C(NC(=O)CS(C)(=O)=O)C(C)C)[nH]c2c1. The molecule has 0 aliphatic carbocycles. The fourth-order valence-corrected chi connectivity index (χ4v) is 2.85. The Labute approximate surface area is 130 Å². The molecule has 2 aromatic rings. The number of aromatic amines is 1. The van der Waals surface area contributed by atoms with Crippen LogP contribution in [-0.4, -0.2) is 36.3 Å². The summed E-state index contributed by atoms with van der Waals surface area (Å²) in [5, 5.41) is 2.75. The van der Waals surface area contributed by atoms with Crippen molar-refractivity contribution in [2.45, 2.75) is 26.8 Å². The lowest BCUT2D eigenvalue weighted by molar-refractivity contribution is -0.119. The maximum Gasteiger partial charge on any atom is 0.235 e. The molecule has 1 aromatic carbocycles. The van der Waals surface area contributed by atoms with E-state index in [1.54, 1.807) is 0 Å². The van der Waals surface area contributed by atoms with Crippen molar-refractivity contribution in [3.63, 3.8) is 0 Å². The predicted molar refractivity (Wildman–Crippen MR) is 86.3 cm³/mol. The Bertz CT molecular complexity index is 793. The Morgan fingerprint density at radius 3 is 2.64 bits per heavy atom. The highest BCUT2D eigenvalue weighted by atomic mass is 32.2. The first kappa shape index (κ1) is 16.5. The van der Waals surface area contributed by atoms with Gasteiger partial charge in [0.25, 0.3) is 0 Å². The molecular formula is C15H21N3O3S. The number of aryl methyl sites for hydroxylation is 1. The maximum atomic E-state index is 11.9. The Kier molecular flexibility index (Phi) is 4.55. The lowest BCUT2D eigenvalue weighted by Crippen LogP contribution is -2.36. The van der Waals surface area contributed by atoms with E-state index in [9.17, 15) is 13.2 Å². The Hall–Kier alpha value is -1.89. The van der Waals surface area contributed by atoms with Gasteiger partial charge in [0.15, 0.2) is 9.84 Å². The number of sulfone groups is 1. The highest BCUT2D eigenvalue weighted by Gasteiger charge is 2.23. The summed E-state index contributed by atoms with van der Waals surface area (Å²) in [5.74, 6) is -0.323. The van der Waals surface area contributed by atoms with E-state index in [4.69, 9.17) is 0 Å². The summed E-state index contributed by atoms with van der Waals surface area (Å²) in [6.07, 6.45) is 1.04. The third kappa shape index (κ3) is 4.07. The summed E-state index contributed by atoms with van der Waals surface area (Å²) < 4.78 is 22.4. The number of hydrogen-bond donors (Lipinski definition) is 2. The number of aromatic nitrogens is 2. The highest BCUT2D eigenvalue weighted by molar-refractivity contribution is 7.91. The third-order valence-corrected chi connectivity index (χ3v) is 4.11. The molecule has 1 amide bonds. The van der Waals surface area contributed by atoms with Gasteiger partial charge in [0.2, 0.25) is 5.91 Å². The Morgan fingerprint density at radius 2 is 2.05 bits per heavy atom. The van der Waals surface area contributed by atoms with Gasteiger partial charge in [0.05, 0.1) is 17.1 Å². The third-order valence-electron chi connectivity index (χ3n) is 3.33. The summed E-state index contributed by atoms with van der Waals surface area (Å²) >= 11 is 0. The zero-order valence-corrected chi connectivity index (χ0v) is 14.0. The molecule has 1 aromatic heterocycles. The molecule has 2 rings (SSSR count). The van der Waals surface area contributed by atoms with Crippen molar-refractivity contribution in [3.8, 4) is 0 Å². The molecule has 2 N–H and O–H groups in total. The van der Waals surface area contributed by atoms with Gasteiger partial charge in [-0.3, -0.25) is 4.79 Å². The largest absolute Gasteiger partial charge is 0.345 e. The average molecular weight is 323 g/mol. The van der Waals surface area contributed by atoms with Crippen LogP contribution in [-0.2, 0) is 14.6 Å². The van der Waals surface area contributed by atoms with E-state index >= 15 is 0 Å². The van der Waals surface area contributed by atoms with Gasteiger partial charge < -0.3 is 10.3 Å². The van der Waals surface area contributed by atoms with E-state index in [1.807, 2.05) is 39.0 Å². The van der Waals surface area contributed by atoms with Gasteiger partial charge in [0.1, 0.15) is 11.6 Å². The first-order valence-electron chi connectivity index (χ1n) is 7.09. The van der Waals surface area contributed by atoms with Crippen LogP contribution in [0.25, 0.3) is 11.0 Å². The second-order valence-electron chi connectivity index (χ2n) is 6.00. The molecule has 0 aliphatic heterocycles. The molecule has 0 aliphatic rings. The molecule has 7 heteroatoms. The van der Waals surface area contributed by atoms with E-state index in [0.717, 1.165) is 22.9 Å². The molecule has 1 unspecified atom stereocenters. The minimum Gasteiger partial charge on any atom is -0.345 e. The van der Waals surface area contributed by atoms with E-state index in [2.05, 4.69) is 15.3 Å². The van der Waals surface area contributed by atoms with Crippen LogP contribution in [0.15, 0.2) is 18.2 Å². The van der Waals surface area contributed by atoms with Crippen LogP contribution >= 0.6 is 0 Å². The van der Waals surface area contributed by atoms with Crippen molar-refractivity contribution >= 4 is 26.8 Å². The van der Waals surface area contributed by atoms with Crippen LogP contribution in [0.5, 0.6) is 0 Å². The molecule has 120 valence electrons. The quantitative estimate of drug-likeness (QED) is 0.876. The molecule has 0 bridgehead atoms. The number of nitrogens with zero attached hydrogens (tertiary/aromatic N) is 1. The topological polar surface area (TPSA) is 91.9 Å². The first-order chi connectivity index (χ1) is 10.2. The van der Waals surface area contributed by atoms with Gasteiger partial charge in [0, 0.05) is 6.26 Å². The molecular weight excluding hydrogens is 302 g/mol. The lowest BCUT2D eigenvalue weighted by Gasteiger charge is -2.20. The van der Waals surface area contributed by atoms with Crippen molar-refractivity contribution in [1.29, 1.82) is 0 Å². The average Bonchev–Trinajstić information content (AvgIpc) is 2.75. The number of benzene rings is 1. The number of hydrogen-bond acceptors (Lipinski definition) is 4. The lowest BCUT2D eigenvalue weighted by atomic mass is 10.0. The molecule has 1 atom stereocenters. The summed E-state index contributed by atoms with van der Waals surface area (Å²) in [5.41, 5.74) is 2.84. The van der Waals surface area contributed by atoms with Crippen LogP contribution in [0, 0.1) is 12.8 Å². The fraction of sp³-hybridized carbons (Fsp3) is 0.467. The fourth-order valence-electron chi connectivity index (χ4n) is 2.29. The minimum atomic E-state index is -3.35. The molecule has 22 heavy (non-hydrogen) atoms. The van der Waals surface area contributed by atoms with Gasteiger partial charge in [-0.15, -0.1) is 0 Å². The smallest absolute Gasteiger partial charge is 0.235 e. The van der Waals surface area contributed by atoms with E-state index in [-0.39, 0.29) is 12.0 Å². The second kappa shape index (κ2) is 6.08. The predicted octanol–water partition coefficient (Wildman–Crippen LogP) is 1.73. The number of rotatable bonds is 5. The molecule has 0 radical (unpaired) electrons. The standard InChI is InChI=1S/C15H21N3O3S/c1-9(2)14(18-13(19)8-22(4,20)21)15-16-11-6-5-10(3)7-12(11)17-15/h5-7,9,14H,8H2,1-4H3,(H,16,17)(H,18,19). The minimum absolute atomic E-state index is 0.0742. The monoisotopic (exact) mass is 323 g/mol. The van der Waals surface area contributed by atoms with E-state index < -0.39 is 21.5 Å². The number of carbonyl (C=O) groups excluding carboxylic acids is 1. The van der Waals surface area contributed by atoms with Crippen molar-refractivity contribution in [2.24, 2.45) is 5.92 Å².